The molecule has 7 aliphatic rings. The molecule has 0 N–H and O–H groups in total. The number of rotatable bonds is 9. The number of nitrogens with zero attached hydrogens (tertiary/aromatic N) is 5. The van der Waals surface area contributed by atoms with Crippen LogP contribution < -0.4 is 23.2 Å². The maximum Gasteiger partial charge on any atom is 0.188 e. The van der Waals surface area contributed by atoms with Crippen LogP contribution >= 0.6 is 0 Å². The van der Waals surface area contributed by atoms with Gasteiger partial charge in [0.25, 0.3) is 0 Å². The van der Waals surface area contributed by atoms with Gasteiger partial charge in [0.1, 0.15) is 52.4 Å². The summed E-state index contributed by atoms with van der Waals surface area (Å²) < 4.78 is 102. The van der Waals surface area contributed by atoms with Crippen molar-refractivity contribution in [2.45, 2.75) is 103 Å². The Morgan fingerprint density at radius 1 is 0.691 bits per heavy atom. The van der Waals surface area contributed by atoms with Crippen LogP contribution in [0.15, 0.2) is 120 Å². The van der Waals surface area contributed by atoms with Gasteiger partial charge < -0.3 is 0 Å². The quantitative estimate of drug-likeness (QED) is 0.0826. The Labute approximate surface area is 396 Å². The number of hydrogen-bond acceptors (Lipinski definition) is 2. The second kappa shape index (κ2) is 14.8. The zero-order chi connectivity index (χ0) is 47.6. The molecule has 5 aromatic rings. The Balaban J connectivity index is 1.12. The molecular weight excluding hydrogens is 869 g/mol. The van der Waals surface area contributed by atoms with E-state index in [0.29, 0.717) is 50.1 Å². The number of halogens is 6. The van der Waals surface area contributed by atoms with Crippen molar-refractivity contribution in [1.29, 1.82) is 0 Å². The number of anilines is 3. The van der Waals surface area contributed by atoms with Crippen LogP contribution in [0.4, 0.5) is 66.2 Å². The molecule has 5 nitrogen and oxygen atoms in total. The molecule has 2 fully saturated rings. The molecular formula is C57H60F6N5+3. The SMILES string of the molecule is CCC[N+]1(C)c2ccccc2N(C2=C(F)CC(F)C=C2C2Cc3cc(F)cc(F)c3[N+]3(c4ccccc4C)C2C32C(C)C2CC)C1C1c2cc(F)cc(F)c2N2c3ccccc3[N+](C)(CCC)C12. The van der Waals surface area contributed by atoms with Crippen molar-refractivity contribution in [2.24, 2.45) is 17.8 Å². The molecule has 352 valence electrons. The van der Waals surface area contributed by atoms with Gasteiger partial charge in [-0.1, -0.05) is 70.2 Å². The topological polar surface area (TPSA) is 6.48 Å². The average molecular weight is 929 g/mol. The van der Waals surface area contributed by atoms with E-state index in [1.165, 1.54) is 12.1 Å². The zero-order valence-corrected chi connectivity index (χ0v) is 39.9. The van der Waals surface area contributed by atoms with Gasteiger partial charge >= 0.3 is 0 Å². The summed E-state index contributed by atoms with van der Waals surface area (Å²) in [5, 5.41) is 0. The minimum atomic E-state index is -1.65. The van der Waals surface area contributed by atoms with Crippen LogP contribution in [0.1, 0.15) is 76.0 Å². The van der Waals surface area contributed by atoms with E-state index in [1.54, 1.807) is 6.08 Å². The lowest BCUT2D eigenvalue weighted by Gasteiger charge is -2.47. The highest BCUT2D eigenvalue weighted by atomic mass is 19.2. The van der Waals surface area contributed by atoms with E-state index in [0.717, 1.165) is 65.4 Å². The van der Waals surface area contributed by atoms with Crippen LogP contribution in [-0.2, 0) is 6.42 Å². The van der Waals surface area contributed by atoms with Crippen LogP contribution in [0.3, 0.4) is 0 Å². The third kappa shape index (κ3) is 5.25. The fraction of sp³-hybridized carbons (Fsp3) is 0.404. The molecule has 5 aromatic carbocycles. The highest BCUT2D eigenvalue weighted by Gasteiger charge is 2.98. The van der Waals surface area contributed by atoms with Crippen LogP contribution in [0.5, 0.6) is 0 Å². The number of hydrogen-bond donors (Lipinski definition) is 0. The van der Waals surface area contributed by atoms with Gasteiger partial charge in [0, 0.05) is 65.1 Å². The van der Waals surface area contributed by atoms with Gasteiger partial charge in [-0.05, 0) is 74.6 Å². The highest BCUT2D eigenvalue weighted by Crippen LogP contribution is 2.83. The van der Waals surface area contributed by atoms with Crippen LogP contribution in [0.2, 0.25) is 0 Å². The Kier molecular flexibility index (Phi) is 9.57. The van der Waals surface area contributed by atoms with Crippen LogP contribution in [0.25, 0.3) is 0 Å². The molecule has 0 bridgehead atoms. The standard InChI is InChI=1S/C57H60F6N5/c1-8-23-66(6)48-21-15-12-18-45(48)64(55(66)50-40-28-37(60)30-43(62)52(40)65-46-19-13-16-22-49(46)67(7,24-9-2)56(50)65)51-38(27-36(59)29-42(51)61)39-26-34-25-35(58)31-44(63)53(34)68(47-20-14-11-17-32(47)4)54(39)57(68)33(5)41(57)10-3/h11-22,25,27-28,30-31,33,36,39,41,50,54-56H,8-10,23-24,26,29H2,1-7H3/q+3. The summed E-state index contributed by atoms with van der Waals surface area (Å²) in [4.78, 5) is 4.19. The monoisotopic (exact) mass is 928 g/mol. The second-order valence-corrected chi connectivity index (χ2v) is 21.3. The predicted molar refractivity (Wildman–Crippen MR) is 261 cm³/mol. The predicted octanol–water partition coefficient (Wildman–Crippen LogP) is 13.8. The van der Waals surface area contributed by atoms with Crippen LogP contribution in [-0.4, -0.2) is 57.3 Å². The lowest BCUT2D eigenvalue weighted by atomic mass is 9.79. The number of quaternary nitrogens is 3. The molecule has 1 saturated heterocycles. The summed E-state index contributed by atoms with van der Waals surface area (Å²) in [6.07, 6.45) is 0.888. The molecule has 11 heteroatoms. The number of aryl methyl sites for hydroxylation is 1. The number of fused-ring (bicyclic) bond motifs is 11. The van der Waals surface area contributed by atoms with Gasteiger partial charge in [-0.25, -0.2) is 30.8 Å². The smallest absolute Gasteiger partial charge is 0.188 e. The molecule has 0 aromatic heterocycles. The molecule has 1 spiro atoms. The molecule has 0 radical (unpaired) electrons. The fourth-order valence-corrected chi connectivity index (χ4v) is 16.2. The Morgan fingerprint density at radius 3 is 1.88 bits per heavy atom. The maximum absolute atomic E-state index is 18.3. The summed E-state index contributed by atoms with van der Waals surface area (Å²) in [6.45, 7) is 12.0. The molecule has 12 rings (SSSR count). The van der Waals surface area contributed by atoms with Crippen LogP contribution in [0, 0.1) is 47.9 Å². The van der Waals surface area contributed by atoms with Crippen molar-refractivity contribution < 1.29 is 26.3 Å². The molecule has 1 saturated carbocycles. The van der Waals surface area contributed by atoms with Gasteiger partial charge in [0.15, 0.2) is 46.8 Å². The molecule has 0 amide bonds. The van der Waals surface area contributed by atoms with Crippen molar-refractivity contribution >= 4 is 39.8 Å². The van der Waals surface area contributed by atoms with Gasteiger partial charge in [-0.2, -0.15) is 0 Å². The van der Waals surface area contributed by atoms with E-state index in [2.05, 4.69) is 69.8 Å². The number of benzene rings is 5. The highest BCUT2D eigenvalue weighted by molar-refractivity contribution is 5.89. The largest absolute Gasteiger partial charge is 0.282 e. The molecule has 2 aliphatic carbocycles. The zero-order valence-electron chi connectivity index (χ0n) is 39.9. The van der Waals surface area contributed by atoms with E-state index in [-0.39, 0.29) is 34.5 Å². The maximum atomic E-state index is 18.3. The summed E-state index contributed by atoms with van der Waals surface area (Å²) >= 11 is 0. The number of allylic oxidation sites excluding steroid dienone is 3. The van der Waals surface area contributed by atoms with E-state index in [1.807, 2.05) is 61.5 Å². The summed E-state index contributed by atoms with van der Waals surface area (Å²) in [5.41, 5.74) is 7.53. The Bertz CT molecular complexity index is 3020. The van der Waals surface area contributed by atoms with Crippen molar-refractivity contribution in [3.63, 3.8) is 0 Å². The number of alkyl halides is 1. The van der Waals surface area contributed by atoms with E-state index >= 15 is 26.3 Å². The number of likely N-dealkylation sites (N-methyl/N-ethyl adjacent to an activating group) is 2. The first kappa shape index (κ1) is 43.9. The van der Waals surface area contributed by atoms with Crippen molar-refractivity contribution in [3.05, 3.63) is 160 Å². The van der Waals surface area contributed by atoms with E-state index < -0.39 is 71.4 Å². The van der Waals surface area contributed by atoms with E-state index in [9.17, 15) is 0 Å². The lowest BCUT2D eigenvalue weighted by Crippen LogP contribution is -2.66. The first-order valence-electron chi connectivity index (χ1n) is 24.8. The molecule has 12 atom stereocenters. The van der Waals surface area contributed by atoms with Gasteiger partial charge in [-0.3, -0.25) is 18.8 Å². The first-order valence-corrected chi connectivity index (χ1v) is 24.8. The van der Waals surface area contributed by atoms with E-state index in [4.69, 9.17) is 0 Å². The van der Waals surface area contributed by atoms with Crippen molar-refractivity contribution in [2.75, 3.05) is 37.0 Å². The minimum absolute atomic E-state index is 0.131. The summed E-state index contributed by atoms with van der Waals surface area (Å²) in [6, 6.07) is 28.7. The Hall–Kier alpha value is -5.36. The Morgan fingerprint density at radius 2 is 1.26 bits per heavy atom. The third-order valence-corrected chi connectivity index (χ3v) is 18.1. The molecule has 5 heterocycles. The lowest BCUT2D eigenvalue weighted by molar-refractivity contribution is 0.162. The van der Waals surface area contributed by atoms with Gasteiger partial charge in [0.2, 0.25) is 0 Å². The average Bonchev–Trinajstić information content (AvgIpc) is 3.95. The normalized spacial score (nSPS) is 34.6. The summed E-state index contributed by atoms with van der Waals surface area (Å²) in [5.74, 6) is -4.11. The summed E-state index contributed by atoms with van der Waals surface area (Å²) in [7, 11) is 4.35. The minimum Gasteiger partial charge on any atom is -0.282 e. The van der Waals surface area contributed by atoms with Gasteiger partial charge in [-0.15, -0.1) is 0 Å². The molecule has 5 aliphatic heterocycles. The molecule has 12 unspecified atom stereocenters. The van der Waals surface area contributed by atoms with Gasteiger partial charge in [0.05, 0.1) is 38.6 Å². The number of para-hydroxylation sites is 5. The molecule has 68 heavy (non-hydrogen) atoms. The van der Waals surface area contributed by atoms with Crippen molar-refractivity contribution in [3.8, 4) is 0 Å². The second-order valence-electron chi connectivity index (χ2n) is 21.3. The van der Waals surface area contributed by atoms with Crippen molar-refractivity contribution in [1.82, 2.24) is 13.4 Å². The fourth-order valence-electron chi connectivity index (χ4n) is 16.2. The third-order valence-electron chi connectivity index (χ3n) is 18.1. The first-order chi connectivity index (χ1) is 32.7.